The summed E-state index contributed by atoms with van der Waals surface area (Å²) in [5.41, 5.74) is 1.09. The maximum Gasteiger partial charge on any atom is 0.253 e. The van der Waals surface area contributed by atoms with Crippen LogP contribution in [0, 0.1) is 5.92 Å². The monoisotopic (exact) mass is 247 g/mol. The van der Waals surface area contributed by atoms with Crippen LogP contribution in [-0.2, 0) is 9.63 Å². The molecule has 0 saturated carbocycles. The van der Waals surface area contributed by atoms with Crippen molar-refractivity contribution in [2.45, 2.75) is 32.6 Å². The molecular weight excluding hydrogens is 226 g/mol. The number of hydroxylamine groups is 2. The number of amides is 1. The highest BCUT2D eigenvalue weighted by atomic mass is 16.7. The number of hydrogen-bond acceptors (Lipinski definition) is 2. The summed E-state index contributed by atoms with van der Waals surface area (Å²) < 4.78 is 0. The van der Waals surface area contributed by atoms with E-state index in [4.69, 9.17) is 4.84 Å². The van der Waals surface area contributed by atoms with Gasteiger partial charge in [-0.25, -0.2) is 5.06 Å². The Hall–Kier alpha value is -1.35. The van der Waals surface area contributed by atoms with E-state index in [2.05, 4.69) is 13.8 Å². The van der Waals surface area contributed by atoms with Crippen LogP contribution in [0.5, 0.6) is 0 Å². The van der Waals surface area contributed by atoms with Gasteiger partial charge in [-0.3, -0.25) is 9.63 Å². The van der Waals surface area contributed by atoms with Crippen LogP contribution < -0.4 is 0 Å². The molecule has 1 amide bonds. The molecule has 3 heteroatoms. The minimum Gasteiger partial charge on any atom is -0.272 e. The molecule has 1 aromatic rings. The molecule has 1 aromatic carbocycles. The van der Waals surface area contributed by atoms with Crippen molar-refractivity contribution in [2.75, 3.05) is 13.2 Å². The lowest BCUT2D eigenvalue weighted by Gasteiger charge is -2.26. The van der Waals surface area contributed by atoms with Gasteiger partial charge in [0.1, 0.15) is 0 Å². The summed E-state index contributed by atoms with van der Waals surface area (Å²) in [6.07, 6.45) is 1.92. The number of hydrogen-bond donors (Lipinski definition) is 0. The Morgan fingerprint density at radius 2 is 2.11 bits per heavy atom. The average molecular weight is 247 g/mol. The lowest BCUT2D eigenvalue weighted by atomic mass is 9.85. The lowest BCUT2D eigenvalue weighted by molar-refractivity contribution is -0.171. The van der Waals surface area contributed by atoms with Crippen LogP contribution >= 0.6 is 0 Å². The first kappa shape index (κ1) is 13.1. The van der Waals surface area contributed by atoms with Crippen LogP contribution in [0.15, 0.2) is 30.3 Å². The van der Waals surface area contributed by atoms with E-state index in [9.17, 15) is 4.79 Å². The fourth-order valence-corrected chi connectivity index (χ4v) is 2.39. The third kappa shape index (κ3) is 2.72. The normalized spacial score (nSPS) is 18.7. The van der Waals surface area contributed by atoms with Gasteiger partial charge < -0.3 is 0 Å². The third-order valence-electron chi connectivity index (χ3n) is 3.64. The summed E-state index contributed by atoms with van der Waals surface area (Å²) >= 11 is 0. The second-order valence-corrected chi connectivity index (χ2v) is 4.90. The highest BCUT2D eigenvalue weighted by Crippen LogP contribution is 2.29. The van der Waals surface area contributed by atoms with E-state index in [1.807, 2.05) is 30.3 Å². The molecule has 18 heavy (non-hydrogen) atoms. The standard InChI is InChI=1S/C15H21NO2/c1-3-12(2)14(13-8-5-4-6-9-13)15(17)16-10-7-11-18-16/h4-6,8-9,12,14H,3,7,10-11H2,1-2H3. The number of rotatable bonds is 4. The summed E-state index contributed by atoms with van der Waals surface area (Å²) in [6, 6.07) is 10.0. The van der Waals surface area contributed by atoms with Crippen molar-refractivity contribution in [1.29, 1.82) is 0 Å². The quantitative estimate of drug-likeness (QED) is 0.818. The van der Waals surface area contributed by atoms with Crippen LogP contribution in [0.4, 0.5) is 0 Å². The Balaban J connectivity index is 2.22. The van der Waals surface area contributed by atoms with Gasteiger partial charge in [-0.15, -0.1) is 0 Å². The Bertz CT molecular complexity index is 385. The SMILES string of the molecule is CCC(C)C(C(=O)N1CCCO1)c1ccccc1. The maximum atomic E-state index is 12.5. The van der Waals surface area contributed by atoms with Gasteiger partial charge in [0.25, 0.3) is 5.91 Å². The van der Waals surface area contributed by atoms with Crippen LogP contribution in [0.3, 0.4) is 0 Å². The van der Waals surface area contributed by atoms with Crippen molar-refractivity contribution in [3.63, 3.8) is 0 Å². The average Bonchev–Trinajstić information content (AvgIpc) is 2.94. The van der Waals surface area contributed by atoms with Gasteiger partial charge in [-0.2, -0.15) is 0 Å². The summed E-state index contributed by atoms with van der Waals surface area (Å²) in [5, 5.41) is 1.55. The molecule has 0 aromatic heterocycles. The van der Waals surface area contributed by atoms with Crippen molar-refractivity contribution in [3.8, 4) is 0 Å². The van der Waals surface area contributed by atoms with Crippen LogP contribution in [0.25, 0.3) is 0 Å². The van der Waals surface area contributed by atoms with Crippen molar-refractivity contribution in [2.24, 2.45) is 5.92 Å². The smallest absolute Gasteiger partial charge is 0.253 e. The molecule has 2 rings (SSSR count). The fraction of sp³-hybridized carbons (Fsp3) is 0.533. The highest BCUT2D eigenvalue weighted by Gasteiger charge is 2.32. The Morgan fingerprint density at radius 1 is 1.39 bits per heavy atom. The molecule has 0 radical (unpaired) electrons. The van der Waals surface area contributed by atoms with Crippen molar-refractivity contribution >= 4 is 5.91 Å². The molecule has 0 spiro atoms. The van der Waals surface area contributed by atoms with Crippen molar-refractivity contribution in [1.82, 2.24) is 5.06 Å². The van der Waals surface area contributed by atoms with E-state index in [-0.39, 0.29) is 11.8 Å². The number of benzene rings is 1. The molecule has 98 valence electrons. The molecular formula is C15H21NO2. The summed E-state index contributed by atoms with van der Waals surface area (Å²) in [5.74, 6) is 0.339. The first-order valence-electron chi connectivity index (χ1n) is 6.73. The van der Waals surface area contributed by atoms with E-state index in [1.165, 1.54) is 0 Å². The van der Waals surface area contributed by atoms with E-state index < -0.39 is 0 Å². The predicted molar refractivity (Wildman–Crippen MR) is 70.9 cm³/mol. The zero-order chi connectivity index (χ0) is 13.0. The van der Waals surface area contributed by atoms with Gasteiger partial charge >= 0.3 is 0 Å². The minimum absolute atomic E-state index is 0.0886. The first-order valence-corrected chi connectivity index (χ1v) is 6.73. The third-order valence-corrected chi connectivity index (χ3v) is 3.64. The lowest BCUT2D eigenvalue weighted by Crippen LogP contribution is -2.34. The molecule has 3 nitrogen and oxygen atoms in total. The molecule has 1 saturated heterocycles. The molecule has 0 aliphatic carbocycles. The summed E-state index contributed by atoms with van der Waals surface area (Å²) in [4.78, 5) is 17.9. The van der Waals surface area contributed by atoms with Crippen LogP contribution in [0.2, 0.25) is 0 Å². The van der Waals surface area contributed by atoms with Gasteiger partial charge in [0.15, 0.2) is 0 Å². The molecule has 2 unspecified atom stereocenters. The van der Waals surface area contributed by atoms with Gasteiger partial charge in [0.2, 0.25) is 0 Å². The molecule has 1 fully saturated rings. The zero-order valence-electron chi connectivity index (χ0n) is 11.1. The fourth-order valence-electron chi connectivity index (χ4n) is 2.39. The van der Waals surface area contributed by atoms with Crippen LogP contribution in [-0.4, -0.2) is 24.1 Å². The van der Waals surface area contributed by atoms with Gasteiger partial charge in [0.05, 0.1) is 19.1 Å². The minimum atomic E-state index is -0.0886. The van der Waals surface area contributed by atoms with E-state index in [0.717, 1.165) is 24.9 Å². The highest BCUT2D eigenvalue weighted by molar-refractivity contribution is 5.83. The van der Waals surface area contributed by atoms with Gasteiger partial charge in [0, 0.05) is 0 Å². The number of carbonyl (C=O) groups excluding carboxylic acids is 1. The maximum absolute atomic E-state index is 12.5. The molecule has 2 atom stereocenters. The van der Waals surface area contributed by atoms with E-state index in [0.29, 0.717) is 12.5 Å². The Kier molecular flexibility index (Phi) is 4.37. The molecule has 1 aliphatic rings. The topological polar surface area (TPSA) is 29.5 Å². The second-order valence-electron chi connectivity index (χ2n) is 4.90. The largest absolute Gasteiger partial charge is 0.272 e. The van der Waals surface area contributed by atoms with Crippen molar-refractivity contribution in [3.05, 3.63) is 35.9 Å². The first-order chi connectivity index (χ1) is 8.74. The summed E-state index contributed by atoms with van der Waals surface area (Å²) in [6.45, 7) is 5.64. The van der Waals surface area contributed by atoms with Gasteiger partial charge in [-0.05, 0) is 17.9 Å². The summed E-state index contributed by atoms with van der Waals surface area (Å²) in [7, 11) is 0. The molecule has 1 aliphatic heterocycles. The zero-order valence-corrected chi connectivity index (χ0v) is 11.1. The van der Waals surface area contributed by atoms with E-state index >= 15 is 0 Å². The van der Waals surface area contributed by atoms with Crippen molar-refractivity contribution < 1.29 is 9.63 Å². The van der Waals surface area contributed by atoms with E-state index in [1.54, 1.807) is 5.06 Å². The predicted octanol–water partition coefficient (Wildman–Crippen LogP) is 2.98. The Morgan fingerprint density at radius 3 is 2.67 bits per heavy atom. The Labute approximate surface area is 109 Å². The second kappa shape index (κ2) is 6.01. The van der Waals surface area contributed by atoms with Crippen LogP contribution in [0.1, 0.15) is 38.2 Å². The number of nitrogens with zero attached hydrogens (tertiary/aromatic N) is 1. The number of carbonyl (C=O) groups is 1. The van der Waals surface area contributed by atoms with Gasteiger partial charge in [-0.1, -0.05) is 50.6 Å². The molecule has 1 heterocycles. The molecule has 0 bridgehead atoms. The molecule has 0 N–H and O–H groups in total.